The van der Waals surface area contributed by atoms with Gasteiger partial charge in [-0.1, -0.05) is 12.1 Å². The molecule has 2 amide bonds. The summed E-state index contributed by atoms with van der Waals surface area (Å²) in [7, 11) is 1.70. The number of hydrogen-bond donors (Lipinski definition) is 2. The normalized spacial score (nSPS) is 17.9. The molecule has 8 heteroatoms. The van der Waals surface area contributed by atoms with E-state index in [0.717, 1.165) is 69.1 Å². The molecule has 0 saturated carbocycles. The summed E-state index contributed by atoms with van der Waals surface area (Å²) in [5.41, 5.74) is 2.12. The molecule has 2 saturated heterocycles. The van der Waals surface area contributed by atoms with Gasteiger partial charge in [0.15, 0.2) is 5.96 Å². The minimum Gasteiger partial charge on any atom is -0.359 e. The number of carbonyl (C=O) groups excluding carboxylic acids is 2. The Morgan fingerprint density at radius 2 is 1.84 bits per heavy atom. The number of rotatable bonds is 6. The average Bonchev–Trinajstić information content (AvgIpc) is 2.78. The highest BCUT2D eigenvalue weighted by molar-refractivity contribution is 14.0. The molecular formula is C23H36IN5O2. The van der Waals surface area contributed by atoms with Crippen LogP contribution in [0.5, 0.6) is 0 Å². The van der Waals surface area contributed by atoms with Crippen molar-refractivity contribution >= 4 is 47.4 Å². The number of carbonyl (C=O) groups is 2. The summed E-state index contributed by atoms with van der Waals surface area (Å²) in [5.74, 6) is 1.74. The van der Waals surface area contributed by atoms with Gasteiger partial charge in [0, 0.05) is 51.8 Å². The molecule has 7 nitrogen and oxygen atoms in total. The van der Waals surface area contributed by atoms with E-state index in [0.29, 0.717) is 25.3 Å². The molecule has 0 radical (unpaired) electrons. The second-order valence-electron chi connectivity index (χ2n) is 8.15. The second kappa shape index (κ2) is 12.9. The maximum atomic E-state index is 12.1. The summed E-state index contributed by atoms with van der Waals surface area (Å²) in [6, 6.07) is 8.20. The van der Waals surface area contributed by atoms with Gasteiger partial charge in [-0.15, -0.1) is 24.0 Å². The number of guanidine groups is 1. The first-order chi connectivity index (χ1) is 14.6. The molecule has 0 spiro atoms. The van der Waals surface area contributed by atoms with Crippen molar-refractivity contribution in [2.24, 2.45) is 10.9 Å². The van der Waals surface area contributed by atoms with E-state index in [-0.39, 0.29) is 35.8 Å². The second-order valence-corrected chi connectivity index (χ2v) is 8.15. The lowest BCUT2D eigenvalue weighted by Crippen LogP contribution is -2.46. The van der Waals surface area contributed by atoms with Crippen molar-refractivity contribution in [3.8, 4) is 0 Å². The third-order valence-corrected chi connectivity index (χ3v) is 5.98. The lowest BCUT2D eigenvalue weighted by atomic mass is 9.93. The monoisotopic (exact) mass is 541 g/mol. The molecule has 2 heterocycles. The average molecular weight is 541 g/mol. The van der Waals surface area contributed by atoms with E-state index in [4.69, 9.17) is 4.99 Å². The van der Waals surface area contributed by atoms with Gasteiger partial charge in [0.05, 0.1) is 6.54 Å². The van der Waals surface area contributed by atoms with Crippen molar-refractivity contribution in [1.29, 1.82) is 0 Å². The molecule has 2 aliphatic heterocycles. The van der Waals surface area contributed by atoms with E-state index in [9.17, 15) is 9.59 Å². The minimum atomic E-state index is 0. The third kappa shape index (κ3) is 7.36. The molecule has 1 aromatic rings. The number of hydrogen-bond acceptors (Lipinski definition) is 3. The van der Waals surface area contributed by atoms with Gasteiger partial charge in [-0.25, -0.2) is 4.99 Å². The van der Waals surface area contributed by atoms with Crippen molar-refractivity contribution in [2.45, 2.75) is 52.0 Å². The fraction of sp³-hybridized carbons (Fsp3) is 0.609. The van der Waals surface area contributed by atoms with Gasteiger partial charge >= 0.3 is 0 Å². The number of anilines is 1. The van der Waals surface area contributed by atoms with Crippen molar-refractivity contribution < 1.29 is 9.59 Å². The fourth-order valence-electron chi connectivity index (χ4n) is 4.17. The van der Waals surface area contributed by atoms with Crippen molar-refractivity contribution in [3.63, 3.8) is 0 Å². The predicted octanol–water partition coefficient (Wildman–Crippen LogP) is 3.14. The molecule has 0 atom stereocenters. The fourth-order valence-corrected chi connectivity index (χ4v) is 4.17. The summed E-state index contributed by atoms with van der Waals surface area (Å²) >= 11 is 0. The Bertz CT molecular complexity index is 745. The molecule has 1 aromatic carbocycles. The number of halogens is 1. The maximum Gasteiger partial charge on any atom is 0.226 e. The molecule has 2 aliphatic rings. The first-order valence-corrected chi connectivity index (χ1v) is 11.2. The van der Waals surface area contributed by atoms with Gasteiger partial charge in [-0.3, -0.25) is 9.59 Å². The predicted molar refractivity (Wildman–Crippen MR) is 136 cm³/mol. The Hall–Kier alpha value is -1.84. The van der Waals surface area contributed by atoms with Crippen LogP contribution in [0, 0.1) is 5.92 Å². The van der Waals surface area contributed by atoms with Crippen LogP contribution in [0.2, 0.25) is 0 Å². The lowest BCUT2D eigenvalue weighted by molar-refractivity contribution is -0.122. The van der Waals surface area contributed by atoms with E-state index >= 15 is 0 Å². The molecule has 2 fully saturated rings. The molecule has 2 N–H and O–H groups in total. The number of piperidine rings is 2. The van der Waals surface area contributed by atoms with Crippen LogP contribution in [0.25, 0.3) is 0 Å². The van der Waals surface area contributed by atoms with E-state index in [1.165, 1.54) is 0 Å². The molecule has 0 bridgehead atoms. The molecule has 0 aliphatic carbocycles. The molecular weight excluding hydrogens is 505 g/mol. The van der Waals surface area contributed by atoms with Gasteiger partial charge < -0.3 is 20.4 Å². The van der Waals surface area contributed by atoms with Crippen LogP contribution in [0.4, 0.5) is 5.69 Å². The number of likely N-dealkylation sites (tertiary alicyclic amines) is 1. The Kier molecular flexibility index (Phi) is 10.6. The Morgan fingerprint density at radius 3 is 2.45 bits per heavy atom. The van der Waals surface area contributed by atoms with Crippen LogP contribution < -0.4 is 15.5 Å². The van der Waals surface area contributed by atoms with Crippen LogP contribution in [0.1, 0.15) is 51.0 Å². The van der Waals surface area contributed by atoms with Crippen LogP contribution in [-0.4, -0.2) is 55.9 Å². The van der Waals surface area contributed by atoms with Gasteiger partial charge in [0.1, 0.15) is 0 Å². The Labute approximate surface area is 203 Å². The number of nitrogens with zero attached hydrogens (tertiary/aromatic N) is 3. The number of nitrogens with one attached hydrogen (secondary N) is 2. The Morgan fingerprint density at radius 1 is 1.13 bits per heavy atom. The van der Waals surface area contributed by atoms with E-state index in [1.54, 1.807) is 7.05 Å². The van der Waals surface area contributed by atoms with Gasteiger partial charge in [0.25, 0.3) is 0 Å². The molecule has 31 heavy (non-hydrogen) atoms. The summed E-state index contributed by atoms with van der Waals surface area (Å²) in [6.45, 7) is 6.17. The SMILES string of the molecule is CCNC(=NCc1ccc(N2CCCCC2=O)cc1)N1CCC(CC(=O)NC)CC1.I. The molecule has 172 valence electrons. The van der Waals surface area contributed by atoms with Crippen LogP contribution in [0.15, 0.2) is 29.3 Å². The first-order valence-electron chi connectivity index (χ1n) is 11.2. The third-order valence-electron chi connectivity index (χ3n) is 5.98. The highest BCUT2D eigenvalue weighted by Crippen LogP contribution is 2.22. The van der Waals surface area contributed by atoms with Crippen molar-refractivity contribution in [2.75, 3.05) is 38.1 Å². The van der Waals surface area contributed by atoms with Gasteiger partial charge in [-0.2, -0.15) is 0 Å². The smallest absolute Gasteiger partial charge is 0.226 e. The molecule has 0 unspecified atom stereocenters. The van der Waals surface area contributed by atoms with E-state index in [2.05, 4.69) is 34.6 Å². The van der Waals surface area contributed by atoms with Crippen molar-refractivity contribution in [1.82, 2.24) is 15.5 Å². The van der Waals surface area contributed by atoms with Crippen molar-refractivity contribution in [3.05, 3.63) is 29.8 Å². The van der Waals surface area contributed by atoms with Gasteiger partial charge in [-0.05, 0) is 56.2 Å². The summed E-state index contributed by atoms with van der Waals surface area (Å²) in [4.78, 5) is 32.8. The van der Waals surface area contributed by atoms with Crippen LogP contribution in [0.3, 0.4) is 0 Å². The van der Waals surface area contributed by atoms with Gasteiger partial charge in [0.2, 0.25) is 11.8 Å². The highest BCUT2D eigenvalue weighted by Gasteiger charge is 2.23. The molecule has 0 aromatic heterocycles. The minimum absolute atomic E-state index is 0. The number of benzene rings is 1. The zero-order valence-electron chi connectivity index (χ0n) is 18.7. The van der Waals surface area contributed by atoms with E-state index < -0.39 is 0 Å². The maximum absolute atomic E-state index is 12.1. The lowest BCUT2D eigenvalue weighted by Gasteiger charge is -2.34. The summed E-state index contributed by atoms with van der Waals surface area (Å²) in [5, 5.41) is 6.12. The number of amides is 2. The largest absolute Gasteiger partial charge is 0.359 e. The molecule has 3 rings (SSSR count). The summed E-state index contributed by atoms with van der Waals surface area (Å²) in [6.07, 6.45) is 5.36. The standard InChI is InChI=1S/C23H35N5O2.HI/c1-3-25-23(27-14-11-18(12-15-27)16-21(29)24-2)26-17-19-7-9-20(10-8-19)28-13-5-4-6-22(28)30;/h7-10,18H,3-6,11-17H2,1-2H3,(H,24,29)(H,25,26);1H. The van der Waals surface area contributed by atoms with E-state index in [1.807, 2.05) is 17.0 Å². The number of aliphatic imine (C=N–C) groups is 1. The zero-order chi connectivity index (χ0) is 21.3. The topological polar surface area (TPSA) is 77.0 Å². The van der Waals surface area contributed by atoms with Crippen LogP contribution >= 0.6 is 24.0 Å². The Balaban J connectivity index is 0.00000341. The summed E-state index contributed by atoms with van der Waals surface area (Å²) < 4.78 is 0. The zero-order valence-corrected chi connectivity index (χ0v) is 21.1. The quantitative estimate of drug-likeness (QED) is 0.330. The van der Waals surface area contributed by atoms with Crippen LogP contribution in [-0.2, 0) is 16.1 Å². The first kappa shape index (κ1) is 25.4. The highest BCUT2D eigenvalue weighted by atomic mass is 127.